The first-order valence-electron chi connectivity index (χ1n) is 10.2. The van der Waals surface area contributed by atoms with E-state index in [9.17, 15) is 0 Å². The molecule has 2 unspecified atom stereocenters. The summed E-state index contributed by atoms with van der Waals surface area (Å²) in [6, 6.07) is 9.23. The van der Waals surface area contributed by atoms with E-state index in [-0.39, 0.29) is 0 Å². The molecule has 0 aromatic heterocycles. The van der Waals surface area contributed by atoms with Gasteiger partial charge < -0.3 is 0 Å². The van der Waals surface area contributed by atoms with Crippen LogP contribution in [0.3, 0.4) is 0 Å². The minimum absolute atomic E-state index is 0.405. The Morgan fingerprint density at radius 1 is 1.12 bits per heavy atom. The van der Waals surface area contributed by atoms with Crippen molar-refractivity contribution in [3.8, 4) is 0 Å². The summed E-state index contributed by atoms with van der Waals surface area (Å²) >= 11 is -2.05. The molecule has 0 bridgehead atoms. The Morgan fingerprint density at radius 3 is 2.31 bits per heavy atom. The summed E-state index contributed by atoms with van der Waals surface area (Å²) in [5, 5.41) is 0. The first kappa shape index (κ1) is 20.3. The van der Waals surface area contributed by atoms with Crippen molar-refractivity contribution in [1.82, 2.24) is 0 Å². The van der Waals surface area contributed by atoms with Crippen LogP contribution in [0.5, 0.6) is 0 Å². The van der Waals surface area contributed by atoms with Gasteiger partial charge in [-0.2, -0.15) is 0 Å². The van der Waals surface area contributed by atoms with Crippen LogP contribution in [-0.4, -0.2) is 5.98 Å². The molecule has 0 amide bonds. The summed E-state index contributed by atoms with van der Waals surface area (Å²) in [4.78, 5) is 0. The molecule has 2 heteroatoms. The molecule has 0 N–H and O–H groups in total. The SMILES string of the molecule is CC1=C[C](C)([Hf]([C]2=Cc3ccccc3C2CC(C)C)[SiH](C)C)C(C)=C1C. The molecule has 2 aliphatic rings. The zero-order chi connectivity index (χ0) is 19.2. The van der Waals surface area contributed by atoms with Gasteiger partial charge in [0.15, 0.2) is 0 Å². The molecule has 139 valence electrons. The summed E-state index contributed by atoms with van der Waals surface area (Å²) in [5.41, 5.74) is 7.94. The van der Waals surface area contributed by atoms with Crippen LogP contribution < -0.4 is 0 Å². The van der Waals surface area contributed by atoms with Gasteiger partial charge >= 0.3 is 170 Å². The van der Waals surface area contributed by atoms with Gasteiger partial charge in [0.05, 0.1) is 0 Å². The van der Waals surface area contributed by atoms with Crippen LogP contribution in [0.25, 0.3) is 6.08 Å². The molecule has 1 aromatic carbocycles. The van der Waals surface area contributed by atoms with Gasteiger partial charge in [-0.05, 0) is 0 Å². The van der Waals surface area contributed by atoms with Gasteiger partial charge in [0.2, 0.25) is 0 Å². The molecular weight excluding hydrogens is 495 g/mol. The molecule has 0 spiro atoms. The van der Waals surface area contributed by atoms with Gasteiger partial charge in [0.1, 0.15) is 0 Å². The molecule has 0 radical (unpaired) electrons. The summed E-state index contributed by atoms with van der Waals surface area (Å²) in [6.07, 6.45) is 6.66. The Kier molecular flexibility index (Phi) is 5.85. The quantitative estimate of drug-likeness (QED) is 0.352. The average Bonchev–Trinajstić information content (AvgIpc) is 2.99. The predicted molar refractivity (Wildman–Crippen MR) is 116 cm³/mol. The number of hydrogen-bond acceptors (Lipinski definition) is 0. The zero-order valence-electron chi connectivity index (χ0n) is 17.9. The van der Waals surface area contributed by atoms with Crippen molar-refractivity contribution in [2.45, 2.75) is 70.1 Å². The summed E-state index contributed by atoms with van der Waals surface area (Å²) < 4.78 is 2.34. The van der Waals surface area contributed by atoms with Gasteiger partial charge in [-0.3, -0.25) is 0 Å². The Balaban J connectivity index is 2.12. The van der Waals surface area contributed by atoms with Crippen LogP contribution in [0.1, 0.15) is 65.0 Å². The van der Waals surface area contributed by atoms with E-state index in [0.29, 0.717) is 9.09 Å². The number of fused-ring (bicyclic) bond motifs is 1. The van der Waals surface area contributed by atoms with Crippen molar-refractivity contribution in [3.63, 3.8) is 0 Å². The molecule has 0 heterocycles. The Labute approximate surface area is 169 Å². The molecule has 3 rings (SSSR count). The third kappa shape index (κ3) is 3.37. The van der Waals surface area contributed by atoms with E-state index in [2.05, 4.69) is 91.1 Å². The number of hydrogen-bond donors (Lipinski definition) is 0. The van der Waals surface area contributed by atoms with Gasteiger partial charge in [0.25, 0.3) is 0 Å². The normalized spacial score (nSPS) is 25.1. The van der Waals surface area contributed by atoms with E-state index in [1.54, 1.807) is 22.3 Å². The van der Waals surface area contributed by atoms with Crippen LogP contribution in [0.2, 0.25) is 16.3 Å². The molecule has 0 saturated carbocycles. The topological polar surface area (TPSA) is 0 Å². The first-order chi connectivity index (χ1) is 12.2. The second kappa shape index (κ2) is 7.51. The molecule has 2 atom stereocenters. The van der Waals surface area contributed by atoms with Crippen LogP contribution in [-0.2, 0) is 20.6 Å². The molecule has 0 saturated heterocycles. The van der Waals surface area contributed by atoms with Crippen LogP contribution in [0.15, 0.2) is 50.4 Å². The van der Waals surface area contributed by atoms with E-state index in [0.717, 1.165) is 5.92 Å². The fourth-order valence-corrected chi connectivity index (χ4v) is 41.1. The van der Waals surface area contributed by atoms with Crippen molar-refractivity contribution >= 4 is 12.1 Å². The Hall–Kier alpha value is -0.473. The van der Waals surface area contributed by atoms with Gasteiger partial charge in [0, 0.05) is 0 Å². The molecule has 0 aliphatic heterocycles. The molecule has 2 aliphatic carbocycles. The second-order valence-corrected chi connectivity index (χ2v) is 37.5. The van der Waals surface area contributed by atoms with Crippen molar-refractivity contribution < 1.29 is 20.6 Å². The molecule has 0 fully saturated rings. The monoisotopic (exact) mass is 531 g/mol. The standard InChI is InChI=1S/C13H15.C9H13.C2H7Si.Hf/c1-10(2)9-12-8-7-11-5-3-4-6-13(11)12;1-6-5-7(2)9(4)8(6)3;1-3-2;/h3-7,10,12H,9H2,1-2H3;5H,1-4H3;3H,1-2H3;. The van der Waals surface area contributed by atoms with E-state index in [1.165, 1.54) is 12.0 Å². The van der Waals surface area contributed by atoms with Crippen LogP contribution >= 0.6 is 0 Å². The molecule has 26 heavy (non-hydrogen) atoms. The van der Waals surface area contributed by atoms with Crippen LogP contribution in [0, 0.1) is 5.92 Å². The van der Waals surface area contributed by atoms with Gasteiger partial charge in [-0.25, -0.2) is 0 Å². The fraction of sp³-hybridized carbons (Fsp3) is 0.500. The number of benzene rings is 1. The van der Waals surface area contributed by atoms with E-state index in [4.69, 9.17) is 0 Å². The first-order valence-corrected chi connectivity index (χ1v) is 22.9. The number of allylic oxidation sites excluding steroid dienone is 5. The maximum atomic E-state index is 2.68. The molecule has 0 nitrogen and oxygen atoms in total. The average molecular weight is 530 g/mol. The number of rotatable bonds is 5. The summed E-state index contributed by atoms with van der Waals surface area (Å²) in [5.74, 6) is 0.749. The van der Waals surface area contributed by atoms with Crippen molar-refractivity contribution in [1.29, 1.82) is 0 Å². The van der Waals surface area contributed by atoms with Crippen LogP contribution in [0.4, 0.5) is 0 Å². The summed E-state index contributed by atoms with van der Waals surface area (Å²) in [7, 11) is 0. The maximum absolute atomic E-state index is 2.68. The van der Waals surface area contributed by atoms with Crippen molar-refractivity contribution in [3.05, 3.63) is 61.5 Å². The fourth-order valence-electron chi connectivity index (χ4n) is 5.23. The summed E-state index contributed by atoms with van der Waals surface area (Å²) in [6.45, 7) is 19.8. The van der Waals surface area contributed by atoms with E-state index >= 15 is 0 Å². The third-order valence-electron chi connectivity index (χ3n) is 6.65. The predicted octanol–water partition coefficient (Wildman–Crippen LogP) is 7.25. The second-order valence-electron chi connectivity index (χ2n) is 9.26. The van der Waals surface area contributed by atoms with Gasteiger partial charge in [-0.15, -0.1) is 0 Å². The van der Waals surface area contributed by atoms with Gasteiger partial charge in [-0.1, -0.05) is 0 Å². The van der Waals surface area contributed by atoms with E-state index < -0.39 is 26.6 Å². The minimum atomic E-state index is -2.05. The Morgan fingerprint density at radius 2 is 1.77 bits per heavy atom. The Bertz CT molecular complexity index is 796. The molecule has 1 aromatic rings. The van der Waals surface area contributed by atoms with Crippen molar-refractivity contribution in [2.75, 3.05) is 0 Å². The van der Waals surface area contributed by atoms with Crippen molar-refractivity contribution in [2.24, 2.45) is 5.92 Å². The van der Waals surface area contributed by atoms with E-state index in [1.807, 2.05) is 3.33 Å². The molecular formula is C24H35HfSi. The zero-order valence-corrected chi connectivity index (χ0v) is 22.7. The third-order valence-corrected chi connectivity index (χ3v) is 37.8.